The van der Waals surface area contributed by atoms with Crippen LogP contribution in [-0.2, 0) is 0 Å². The molecule has 0 radical (unpaired) electrons. The third-order valence-corrected chi connectivity index (χ3v) is 2.56. The van der Waals surface area contributed by atoms with Crippen LogP contribution in [0.2, 0.25) is 0 Å². The van der Waals surface area contributed by atoms with Crippen LogP contribution >= 0.6 is 0 Å². The van der Waals surface area contributed by atoms with Crippen LogP contribution in [0, 0.1) is 5.92 Å². The maximum absolute atomic E-state index is 9.57. The summed E-state index contributed by atoms with van der Waals surface area (Å²) in [6, 6.07) is 5.18. The van der Waals surface area contributed by atoms with Crippen molar-refractivity contribution in [2.24, 2.45) is 5.92 Å². The predicted octanol–water partition coefficient (Wildman–Crippen LogP) is 2.82. The molecule has 0 aliphatic heterocycles. The predicted molar refractivity (Wildman–Crippen MR) is 69.2 cm³/mol. The Bertz CT molecular complexity index is 394. The maximum atomic E-state index is 9.57. The van der Waals surface area contributed by atoms with Gasteiger partial charge in [0.2, 0.25) is 0 Å². The van der Waals surface area contributed by atoms with Gasteiger partial charge in [-0.05, 0) is 36.1 Å². The van der Waals surface area contributed by atoms with Gasteiger partial charge in [-0.1, -0.05) is 26.0 Å². The highest BCUT2D eigenvalue weighted by atomic mass is 16.5. The van der Waals surface area contributed by atoms with Gasteiger partial charge in [0.15, 0.2) is 11.5 Å². The molecule has 94 valence electrons. The Morgan fingerprint density at radius 3 is 2.65 bits per heavy atom. The zero-order valence-electron chi connectivity index (χ0n) is 10.6. The summed E-state index contributed by atoms with van der Waals surface area (Å²) in [6.07, 6.45) is 1.92. The molecule has 17 heavy (non-hydrogen) atoms. The molecule has 0 amide bonds. The van der Waals surface area contributed by atoms with E-state index in [1.54, 1.807) is 18.2 Å². The van der Waals surface area contributed by atoms with Gasteiger partial charge in [0.1, 0.15) is 0 Å². The van der Waals surface area contributed by atoms with Gasteiger partial charge in [-0.25, -0.2) is 0 Å². The molecule has 0 fully saturated rings. The molecular formula is C14H20O3. The molecular weight excluding hydrogens is 216 g/mol. The summed E-state index contributed by atoms with van der Waals surface area (Å²) < 4.78 is 5.31. The fraction of sp³-hybridized carbons (Fsp3) is 0.429. The molecule has 0 heterocycles. The first kappa shape index (κ1) is 13.6. The minimum absolute atomic E-state index is 0.0442. The number of rotatable bonds is 5. The fourth-order valence-corrected chi connectivity index (χ4v) is 1.50. The van der Waals surface area contributed by atoms with Gasteiger partial charge in [0, 0.05) is 0 Å². The average Bonchev–Trinajstić information content (AvgIpc) is 2.30. The molecule has 3 heteroatoms. The van der Waals surface area contributed by atoms with Crippen molar-refractivity contribution in [2.45, 2.75) is 20.8 Å². The molecule has 0 aliphatic carbocycles. The van der Waals surface area contributed by atoms with E-state index >= 15 is 0 Å². The first-order valence-corrected chi connectivity index (χ1v) is 5.85. The monoisotopic (exact) mass is 236 g/mol. The van der Waals surface area contributed by atoms with E-state index in [2.05, 4.69) is 0 Å². The summed E-state index contributed by atoms with van der Waals surface area (Å²) in [5.74, 6) is 0.908. The van der Waals surface area contributed by atoms with E-state index in [-0.39, 0.29) is 12.4 Å². The van der Waals surface area contributed by atoms with E-state index in [0.29, 0.717) is 18.3 Å². The van der Waals surface area contributed by atoms with Crippen LogP contribution < -0.4 is 4.74 Å². The van der Waals surface area contributed by atoms with Crippen LogP contribution in [0.3, 0.4) is 0 Å². The van der Waals surface area contributed by atoms with E-state index in [1.807, 2.05) is 26.8 Å². The molecule has 2 N–H and O–H groups in total. The van der Waals surface area contributed by atoms with Gasteiger partial charge in [0.25, 0.3) is 0 Å². The fourth-order valence-electron chi connectivity index (χ4n) is 1.50. The molecule has 0 saturated carbocycles. The summed E-state index contributed by atoms with van der Waals surface area (Å²) in [4.78, 5) is 0. The molecule has 0 bridgehead atoms. The number of phenols is 1. The zero-order valence-corrected chi connectivity index (χ0v) is 10.6. The second kappa shape index (κ2) is 6.30. The van der Waals surface area contributed by atoms with Crippen molar-refractivity contribution in [2.75, 3.05) is 13.2 Å². The molecule has 0 saturated heterocycles. The van der Waals surface area contributed by atoms with Crippen LogP contribution in [0.1, 0.15) is 26.3 Å². The van der Waals surface area contributed by atoms with Gasteiger partial charge in [-0.2, -0.15) is 0 Å². The average molecular weight is 236 g/mol. The Morgan fingerprint density at radius 2 is 2.12 bits per heavy atom. The lowest BCUT2D eigenvalue weighted by atomic mass is 10.0. The Balaban J connectivity index is 3.02. The highest BCUT2D eigenvalue weighted by Crippen LogP contribution is 2.28. The quantitative estimate of drug-likeness (QED) is 0.826. The third-order valence-electron chi connectivity index (χ3n) is 2.56. The van der Waals surface area contributed by atoms with Gasteiger partial charge in [-0.15, -0.1) is 0 Å². The molecule has 1 aromatic rings. The van der Waals surface area contributed by atoms with Gasteiger partial charge < -0.3 is 14.9 Å². The lowest BCUT2D eigenvalue weighted by Gasteiger charge is -2.10. The lowest BCUT2D eigenvalue weighted by Crippen LogP contribution is -1.99. The Morgan fingerprint density at radius 1 is 1.41 bits per heavy atom. The minimum Gasteiger partial charge on any atom is -0.504 e. The second-order valence-electron chi connectivity index (χ2n) is 4.19. The van der Waals surface area contributed by atoms with Gasteiger partial charge in [-0.3, -0.25) is 0 Å². The first-order chi connectivity index (χ1) is 8.08. The number of benzene rings is 1. The molecule has 0 spiro atoms. The van der Waals surface area contributed by atoms with Crippen molar-refractivity contribution in [1.82, 2.24) is 0 Å². The zero-order chi connectivity index (χ0) is 12.8. The van der Waals surface area contributed by atoms with E-state index in [4.69, 9.17) is 4.74 Å². The van der Waals surface area contributed by atoms with Crippen LogP contribution in [0.4, 0.5) is 0 Å². The number of hydrogen-bond donors (Lipinski definition) is 2. The molecule has 1 aromatic carbocycles. The van der Waals surface area contributed by atoms with E-state index < -0.39 is 0 Å². The number of aliphatic hydroxyl groups is 1. The van der Waals surface area contributed by atoms with E-state index in [9.17, 15) is 10.2 Å². The van der Waals surface area contributed by atoms with E-state index in [1.165, 1.54) is 0 Å². The summed E-state index contributed by atoms with van der Waals surface area (Å²) in [5.41, 5.74) is 1.88. The highest BCUT2D eigenvalue weighted by molar-refractivity contribution is 5.58. The molecule has 0 unspecified atom stereocenters. The Kier molecular flexibility index (Phi) is 5.04. The van der Waals surface area contributed by atoms with E-state index in [0.717, 1.165) is 11.1 Å². The number of hydrogen-bond acceptors (Lipinski definition) is 3. The molecule has 0 atom stereocenters. The summed E-state index contributed by atoms with van der Waals surface area (Å²) >= 11 is 0. The highest BCUT2D eigenvalue weighted by Gasteiger charge is 2.05. The molecule has 3 nitrogen and oxygen atoms in total. The number of ether oxygens (including phenoxy) is 1. The third kappa shape index (κ3) is 3.79. The normalized spacial score (nSPS) is 11.9. The van der Waals surface area contributed by atoms with Crippen molar-refractivity contribution in [3.05, 3.63) is 29.3 Å². The van der Waals surface area contributed by atoms with Crippen molar-refractivity contribution < 1.29 is 14.9 Å². The minimum atomic E-state index is 0.0442. The smallest absolute Gasteiger partial charge is 0.161 e. The number of aromatic hydroxyl groups is 1. The van der Waals surface area contributed by atoms with Gasteiger partial charge >= 0.3 is 0 Å². The van der Waals surface area contributed by atoms with Gasteiger partial charge in [0.05, 0.1) is 13.2 Å². The summed E-state index contributed by atoms with van der Waals surface area (Å²) in [6.45, 7) is 6.49. The largest absolute Gasteiger partial charge is 0.504 e. The summed E-state index contributed by atoms with van der Waals surface area (Å²) in [7, 11) is 0. The number of aliphatic hydroxyl groups excluding tert-OH is 1. The Labute approximate surface area is 102 Å². The van der Waals surface area contributed by atoms with Crippen molar-refractivity contribution in [1.29, 1.82) is 0 Å². The maximum Gasteiger partial charge on any atom is 0.161 e. The van der Waals surface area contributed by atoms with Crippen molar-refractivity contribution >= 4 is 6.08 Å². The lowest BCUT2D eigenvalue weighted by molar-refractivity contribution is 0.317. The van der Waals surface area contributed by atoms with Crippen molar-refractivity contribution in [3.8, 4) is 11.5 Å². The molecule has 0 aromatic heterocycles. The first-order valence-electron chi connectivity index (χ1n) is 5.85. The van der Waals surface area contributed by atoms with Crippen molar-refractivity contribution in [3.63, 3.8) is 0 Å². The number of phenolic OH excluding ortho intramolecular Hbond substituents is 1. The SMILES string of the molecule is CCOc1cc(C=C(CO)C(C)C)ccc1O. The Hall–Kier alpha value is -1.48. The van der Waals surface area contributed by atoms with Crippen LogP contribution in [0.25, 0.3) is 6.08 Å². The molecule has 0 aliphatic rings. The van der Waals surface area contributed by atoms with Crippen LogP contribution in [0.15, 0.2) is 23.8 Å². The van der Waals surface area contributed by atoms with Crippen LogP contribution in [0.5, 0.6) is 11.5 Å². The summed E-state index contributed by atoms with van der Waals surface area (Å²) in [5, 5.41) is 18.8. The topological polar surface area (TPSA) is 49.7 Å². The molecule has 1 rings (SSSR count). The van der Waals surface area contributed by atoms with Crippen LogP contribution in [-0.4, -0.2) is 23.4 Å². The second-order valence-corrected chi connectivity index (χ2v) is 4.19. The standard InChI is InChI=1S/C14H20O3/c1-4-17-14-8-11(5-6-13(14)16)7-12(9-15)10(2)3/h5-8,10,15-16H,4,9H2,1-3H3.